The fourth-order valence-electron chi connectivity index (χ4n) is 2.13. The van der Waals surface area contributed by atoms with Crippen LogP contribution in [0.3, 0.4) is 0 Å². The number of piperazine rings is 1. The topological polar surface area (TPSA) is 40.6 Å². The fraction of sp³-hybridized carbons (Fsp3) is 0.846. The lowest BCUT2D eigenvalue weighted by atomic mass is 10.1. The maximum atomic E-state index is 11.9. The number of nitrogens with zero attached hydrogens (tertiary/aromatic N) is 2. The van der Waals surface area contributed by atoms with E-state index in [9.17, 15) is 9.59 Å². The van der Waals surface area contributed by atoms with Crippen LogP contribution in [0, 0.1) is 0 Å². The number of unbranched alkanes of at least 4 members (excludes halogenated alkanes) is 3. The van der Waals surface area contributed by atoms with Gasteiger partial charge in [-0.2, -0.15) is 0 Å². The summed E-state index contributed by atoms with van der Waals surface area (Å²) in [4.78, 5) is 26.7. The van der Waals surface area contributed by atoms with Crippen molar-refractivity contribution >= 4 is 11.8 Å². The third-order valence-corrected chi connectivity index (χ3v) is 3.32. The van der Waals surface area contributed by atoms with Crippen molar-refractivity contribution in [1.29, 1.82) is 0 Å². The van der Waals surface area contributed by atoms with Crippen molar-refractivity contribution in [2.24, 2.45) is 0 Å². The molecule has 0 spiro atoms. The number of amides is 2. The Hall–Kier alpha value is -1.06. The summed E-state index contributed by atoms with van der Waals surface area (Å²) in [6.45, 7) is 6.54. The summed E-state index contributed by atoms with van der Waals surface area (Å²) in [6, 6.07) is 0. The first kappa shape index (κ1) is 14.0. The average molecular weight is 240 g/mol. The molecule has 0 aliphatic carbocycles. The maximum absolute atomic E-state index is 11.9. The van der Waals surface area contributed by atoms with Gasteiger partial charge in [-0.15, -0.1) is 0 Å². The molecule has 1 rings (SSSR count). The first-order chi connectivity index (χ1) is 8.15. The molecule has 0 unspecified atom stereocenters. The summed E-state index contributed by atoms with van der Waals surface area (Å²) in [5, 5.41) is 0. The van der Waals surface area contributed by atoms with Gasteiger partial charge in [-0.05, 0) is 6.42 Å². The molecule has 4 nitrogen and oxygen atoms in total. The molecule has 0 radical (unpaired) electrons. The van der Waals surface area contributed by atoms with Crippen molar-refractivity contribution in [2.75, 3.05) is 26.2 Å². The molecule has 2 amide bonds. The summed E-state index contributed by atoms with van der Waals surface area (Å²) in [5.74, 6) is 0.365. The van der Waals surface area contributed by atoms with Gasteiger partial charge in [0.2, 0.25) is 11.8 Å². The molecule has 0 bridgehead atoms. The van der Waals surface area contributed by atoms with Gasteiger partial charge in [0, 0.05) is 39.5 Å². The fourth-order valence-corrected chi connectivity index (χ4v) is 2.13. The molecular weight excluding hydrogens is 216 g/mol. The van der Waals surface area contributed by atoms with E-state index >= 15 is 0 Å². The molecule has 1 saturated heterocycles. The van der Waals surface area contributed by atoms with E-state index < -0.39 is 0 Å². The largest absolute Gasteiger partial charge is 0.339 e. The summed E-state index contributed by atoms with van der Waals surface area (Å²) < 4.78 is 0. The highest BCUT2D eigenvalue weighted by molar-refractivity contribution is 5.77. The van der Waals surface area contributed by atoms with Crippen molar-refractivity contribution in [3.05, 3.63) is 0 Å². The van der Waals surface area contributed by atoms with E-state index in [1.165, 1.54) is 12.8 Å². The van der Waals surface area contributed by atoms with Crippen molar-refractivity contribution < 1.29 is 9.59 Å². The molecular formula is C13H24N2O2. The molecule has 1 heterocycles. The summed E-state index contributed by atoms with van der Waals surface area (Å²) in [5.41, 5.74) is 0. The van der Waals surface area contributed by atoms with E-state index in [0.717, 1.165) is 12.8 Å². The molecule has 4 heteroatoms. The van der Waals surface area contributed by atoms with E-state index in [2.05, 4.69) is 6.92 Å². The Kier molecular flexibility index (Phi) is 6.01. The lowest BCUT2D eigenvalue weighted by Gasteiger charge is -2.34. The van der Waals surface area contributed by atoms with Crippen LogP contribution >= 0.6 is 0 Å². The second-order valence-electron chi connectivity index (χ2n) is 4.70. The van der Waals surface area contributed by atoms with Gasteiger partial charge in [0.1, 0.15) is 0 Å². The van der Waals surface area contributed by atoms with Gasteiger partial charge in [-0.3, -0.25) is 9.59 Å². The number of hydrogen-bond acceptors (Lipinski definition) is 2. The number of carbonyl (C=O) groups is 2. The lowest BCUT2D eigenvalue weighted by molar-refractivity contribution is -0.138. The van der Waals surface area contributed by atoms with Crippen LogP contribution < -0.4 is 0 Å². The van der Waals surface area contributed by atoms with Gasteiger partial charge in [-0.1, -0.05) is 26.2 Å². The number of hydrogen-bond donors (Lipinski definition) is 0. The quantitative estimate of drug-likeness (QED) is 0.686. The van der Waals surface area contributed by atoms with E-state index in [1.807, 2.05) is 4.90 Å². The first-order valence-electron chi connectivity index (χ1n) is 6.68. The standard InChI is InChI=1S/C13H24N2O2/c1-3-4-5-6-7-13(17)15-10-8-14(9-11-15)12(2)16/h3-11H2,1-2H3. The van der Waals surface area contributed by atoms with Gasteiger partial charge in [-0.25, -0.2) is 0 Å². The molecule has 1 aliphatic rings. The Morgan fingerprint density at radius 3 is 2.06 bits per heavy atom. The molecule has 0 N–H and O–H groups in total. The third kappa shape index (κ3) is 4.75. The van der Waals surface area contributed by atoms with Crippen LogP contribution in [0.2, 0.25) is 0 Å². The molecule has 1 aliphatic heterocycles. The third-order valence-electron chi connectivity index (χ3n) is 3.32. The SMILES string of the molecule is CCCCCCC(=O)N1CCN(C(C)=O)CC1. The van der Waals surface area contributed by atoms with Crippen LogP contribution in [0.15, 0.2) is 0 Å². The zero-order valence-electron chi connectivity index (χ0n) is 11.1. The first-order valence-corrected chi connectivity index (χ1v) is 6.68. The Balaban J connectivity index is 2.19. The minimum Gasteiger partial charge on any atom is -0.339 e. The molecule has 98 valence electrons. The molecule has 17 heavy (non-hydrogen) atoms. The zero-order valence-corrected chi connectivity index (χ0v) is 11.1. The second-order valence-corrected chi connectivity index (χ2v) is 4.70. The predicted molar refractivity (Wildman–Crippen MR) is 67.6 cm³/mol. The minimum atomic E-state index is 0.111. The summed E-state index contributed by atoms with van der Waals surface area (Å²) in [7, 11) is 0. The molecule has 0 saturated carbocycles. The predicted octanol–water partition coefficient (Wildman–Crippen LogP) is 1.65. The van der Waals surface area contributed by atoms with Crippen LogP contribution in [-0.2, 0) is 9.59 Å². The van der Waals surface area contributed by atoms with Crippen LogP contribution in [0.25, 0.3) is 0 Å². The van der Waals surface area contributed by atoms with Crippen LogP contribution in [-0.4, -0.2) is 47.8 Å². The highest BCUT2D eigenvalue weighted by atomic mass is 16.2. The summed E-state index contributed by atoms with van der Waals surface area (Å²) in [6.07, 6.45) is 5.23. The number of rotatable bonds is 5. The van der Waals surface area contributed by atoms with Crippen molar-refractivity contribution in [3.8, 4) is 0 Å². The zero-order chi connectivity index (χ0) is 12.7. The molecule has 0 atom stereocenters. The van der Waals surface area contributed by atoms with Crippen molar-refractivity contribution in [3.63, 3.8) is 0 Å². The molecule has 0 aromatic carbocycles. The van der Waals surface area contributed by atoms with Gasteiger partial charge < -0.3 is 9.80 Å². The highest BCUT2D eigenvalue weighted by Gasteiger charge is 2.21. The monoisotopic (exact) mass is 240 g/mol. The summed E-state index contributed by atoms with van der Waals surface area (Å²) >= 11 is 0. The molecule has 0 aromatic rings. The molecule has 1 fully saturated rings. The van der Waals surface area contributed by atoms with Gasteiger partial charge in [0.05, 0.1) is 0 Å². The van der Waals surface area contributed by atoms with E-state index in [1.54, 1.807) is 11.8 Å². The van der Waals surface area contributed by atoms with E-state index in [-0.39, 0.29) is 11.8 Å². The van der Waals surface area contributed by atoms with E-state index in [4.69, 9.17) is 0 Å². The normalized spacial score (nSPS) is 16.1. The molecule has 0 aromatic heterocycles. The lowest BCUT2D eigenvalue weighted by Crippen LogP contribution is -2.50. The highest BCUT2D eigenvalue weighted by Crippen LogP contribution is 2.08. The van der Waals surface area contributed by atoms with Crippen LogP contribution in [0.1, 0.15) is 46.0 Å². The Morgan fingerprint density at radius 2 is 1.53 bits per heavy atom. The smallest absolute Gasteiger partial charge is 0.222 e. The van der Waals surface area contributed by atoms with Crippen molar-refractivity contribution in [2.45, 2.75) is 46.0 Å². The van der Waals surface area contributed by atoms with Crippen LogP contribution in [0.4, 0.5) is 0 Å². The van der Waals surface area contributed by atoms with Gasteiger partial charge in [0.25, 0.3) is 0 Å². The number of carbonyl (C=O) groups excluding carboxylic acids is 2. The Bertz CT molecular complexity index is 258. The van der Waals surface area contributed by atoms with E-state index in [0.29, 0.717) is 32.6 Å². The van der Waals surface area contributed by atoms with Gasteiger partial charge in [0.15, 0.2) is 0 Å². The Labute approximate surface area is 104 Å². The van der Waals surface area contributed by atoms with Crippen molar-refractivity contribution in [1.82, 2.24) is 9.80 Å². The Morgan fingerprint density at radius 1 is 0.941 bits per heavy atom. The maximum Gasteiger partial charge on any atom is 0.222 e. The van der Waals surface area contributed by atoms with Gasteiger partial charge >= 0.3 is 0 Å². The average Bonchev–Trinajstić information content (AvgIpc) is 2.34. The second kappa shape index (κ2) is 7.30. The minimum absolute atomic E-state index is 0.111. The van der Waals surface area contributed by atoms with Crippen LogP contribution in [0.5, 0.6) is 0 Å².